The van der Waals surface area contributed by atoms with Crippen molar-refractivity contribution in [2.45, 2.75) is 19.9 Å². The highest BCUT2D eigenvalue weighted by Crippen LogP contribution is 2.29. The van der Waals surface area contributed by atoms with Gasteiger partial charge in [-0.05, 0) is 30.2 Å². The van der Waals surface area contributed by atoms with E-state index in [-0.39, 0.29) is 19.1 Å². The lowest BCUT2D eigenvalue weighted by Gasteiger charge is -2.26. The van der Waals surface area contributed by atoms with Crippen molar-refractivity contribution < 1.29 is 19.1 Å². The highest BCUT2D eigenvalue weighted by Gasteiger charge is 2.31. The second kappa shape index (κ2) is 10.3. The molecule has 33 heavy (non-hydrogen) atoms. The molecule has 172 valence electrons. The molecule has 1 aromatic heterocycles. The first-order chi connectivity index (χ1) is 16.1. The number of piperazine rings is 1. The van der Waals surface area contributed by atoms with Crippen LogP contribution < -0.4 is 15.0 Å². The highest BCUT2D eigenvalue weighted by molar-refractivity contribution is 5.98. The van der Waals surface area contributed by atoms with Crippen LogP contribution >= 0.6 is 0 Å². The van der Waals surface area contributed by atoms with E-state index in [9.17, 15) is 9.59 Å². The van der Waals surface area contributed by atoms with E-state index in [1.54, 1.807) is 23.6 Å². The molecule has 1 amide bonds. The van der Waals surface area contributed by atoms with Crippen LogP contribution in [0.4, 0.5) is 5.82 Å². The molecule has 0 atom stereocenters. The van der Waals surface area contributed by atoms with Crippen LogP contribution in [0.1, 0.15) is 34.1 Å². The fourth-order valence-corrected chi connectivity index (χ4v) is 3.94. The number of nitrogens with zero attached hydrogens (tertiary/aromatic N) is 3. The van der Waals surface area contributed by atoms with Crippen molar-refractivity contribution in [3.05, 3.63) is 77.0 Å². The molecule has 1 N–H and O–H groups in total. The molecule has 0 radical (unpaired) electrons. The van der Waals surface area contributed by atoms with Gasteiger partial charge in [0, 0.05) is 25.1 Å². The van der Waals surface area contributed by atoms with Gasteiger partial charge in [0.05, 0.1) is 26.8 Å². The number of hydrogen-bond acceptors (Lipinski definition) is 6. The van der Waals surface area contributed by atoms with Gasteiger partial charge in [-0.25, -0.2) is 4.79 Å². The number of esters is 1. The van der Waals surface area contributed by atoms with E-state index in [1.807, 2.05) is 54.6 Å². The minimum Gasteiger partial charge on any atom is -0.497 e. The first kappa shape index (κ1) is 22.5. The molecule has 1 aliphatic rings. The first-order valence-corrected chi connectivity index (χ1v) is 11.1. The molecule has 4 rings (SSSR count). The van der Waals surface area contributed by atoms with Crippen LogP contribution in [0.2, 0.25) is 0 Å². The zero-order valence-electron chi connectivity index (χ0n) is 18.9. The summed E-state index contributed by atoms with van der Waals surface area (Å²) in [5.74, 6) is 0.752. The molecule has 0 saturated carbocycles. The maximum Gasteiger partial charge on any atom is 0.356 e. The summed E-state index contributed by atoms with van der Waals surface area (Å²) < 4.78 is 12.3. The van der Waals surface area contributed by atoms with Crippen LogP contribution in [0.25, 0.3) is 0 Å². The van der Waals surface area contributed by atoms with Crippen molar-refractivity contribution in [2.75, 3.05) is 38.3 Å². The molecule has 2 aromatic carbocycles. The largest absolute Gasteiger partial charge is 0.497 e. The van der Waals surface area contributed by atoms with Crippen LogP contribution in [-0.2, 0) is 22.5 Å². The molecule has 0 spiro atoms. The van der Waals surface area contributed by atoms with Crippen LogP contribution in [0.3, 0.4) is 0 Å². The second-order valence-corrected chi connectivity index (χ2v) is 7.76. The molecular formula is C25H28N4O4. The van der Waals surface area contributed by atoms with Crippen molar-refractivity contribution in [1.82, 2.24) is 15.1 Å². The van der Waals surface area contributed by atoms with E-state index in [1.165, 1.54) is 0 Å². The van der Waals surface area contributed by atoms with Crippen molar-refractivity contribution in [2.24, 2.45) is 0 Å². The molecule has 0 aliphatic carbocycles. The topological polar surface area (TPSA) is 85.7 Å². The summed E-state index contributed by atoms with van der Waals surface area (Å²) in [6.45, 7) is 3.78. The Morgan fingerprint density at radius 1 is 1.09 bits per heavy atom. The van der Waals surface area contributed by atoms with Gasteiger partial charge in [-0.2, -0.15) is 5.10 Å². The lowest BCUT2D eigenvalue weighted by molar-refractivity contribution is -0.118. The van der Waals surface area contributed by atoms with E-state index in [2.05, 4.69) is 5.32 Å². The number of aromatic nitrogens is 2. The second-order valence-electron chi connectivity index (χ2n) is 7.76. The Balaban J connectivity index is 1.81. The smallest absolute Gasteiger partial charge is 0.356 e. The van der Waals surface area contributed by atoms with E-state index < -0.39 is 5.97 Å². The lowest BCUT2D eigenvalue weighted by atomic mass is 10.0. The monoisotopic (exact) mass is 448 g/mol. The number of carbonyl (C=O) groups excluding carboxylic acids is 2. The fraction of sp³-hybridized carbons (Fsp3) is 0.320. The third kappa shape index (κ3) is 5.06. The fourth-order valence-electron chi connectivity index (χ4n) is 3.94. The predicted octanol–water partition coefficient (Wildman–Crippen LogP) is 2.64. The molecule has 3 aromatic rings. The SMILES string of the molecule is CCOC(=O)c1c(Cc2ccccc2)c(N2CCNCC2=O)nn1Cc1ccc(OC)cc1. The normalized spacial score (nSPS) is 13.8. The Hall–Kier alpha value is -3.65. The van der Waals surface area contributed by atoms with Gasteiger partial charge in [0.1, 0.15) is 5.75 Å². The highest BCUT2D eigenvalue weighted by atomic mass is 16.5. The molecule has 1 fully saturated rings. The Morgan fingerprint density at radius 2 is 1.85 bits per heavy atom. The van der Waals surface area contributed by atoms with Crippen molar-refractivity contribution in [3.8, 4) is 5.75 Å². The minimum absolute atomic E-state index is 0.0694. The number of nitrogens with one attached hydrogen (secondary N) is 1. The van der Waals surface area contributed by atoms with Crippen LogP contribution in [0.5, 0.6) is 5.75 Å². The molecule has 0 unspecified atom stereocenters. The standard InChI is InChI=1S/C25H28N4O4/c1-3-33-25(31)23-21(15-18-7-5-4-6-8-18)24(28-14-13-26-16-22(28)30)27-29(23)17-19-9-11-20(32-2)12-10-19/h4-12,26H,3,13-17H2,1-2H3. The molecular weight excluding hydrogens is 420 g/mol. The maximum absolute atomic E-state index is 13.1. The Bertz CT molecular complexity index is 1110. The van der Waals surface area contributed by atoms with Gasteiger partial charge in [-0.1, -0.05) is 42.5 Å². The van der Waals surface area contributed by atoms with E-state index in [0.717, 1.165) is 16.9 Å². The van der Waals surface area contributed by atoms with E-state index in [4.69, 9.17) is 14.6 Å². The van der Waals surface area contributed by atoms with Gasteiger partial charge in [-0.3, -0.25) is 14.4 Å². The number of benzene rings is 2. The number of hydrogen-bond donors (Lipinski definition) is 1. The lowest BCUT2D eigenvalue weighted by Crippen LogP contribution is -2.48. The van der Waals surface area contributed by atoms with Gasteiger partial charge in [0.15, 0.2) is 11.5 Å². The molecule has 8 nitrogen and oxygen atoms in total. The molecule has 1 aliphatic heterocycles. The minimum atomic E-state index is -0.446. The van der Waals surface area contributed by atoms with Gasteiger partial charge >= 0.3 is 5.97 Å². The summed E-state index contributed by atoms with van der Waals surface area (Å²) in [5.41, 5.74) is 3.05. The zero-order chi connectivity index (χ0) is 23.2. The van der Waals surface area contributed by atoms with Gasteiger partial charge in [-0.15, -0.1) is 0 Å². The zero-order valence-corrected chi connectivity index (χ0v) is 18.9. The summed E-state index contributed by atoms with van der Waals surface area (Å²) in [7, 11) is 1.62. The first-order valence-electron chi connectivity index (χ1n) is 11.1. The number of carbonyl (C=O) groups is 2. The number of methoxy groups -OCH3 is 1. The van der Waals surface area contributed by atoms with Crippen LogP contribution in [0.15, 0.2) is 54.6 Å². The molecule has 2 heterocycles. The van der Waals surface area contributed by atoms with E-state index in [0.29, 0.717) is 43.1 Å². The Kier molecular flexibility index (Phi) is 7.04. The number of anilines is 1. The molecule has 8 heteroatoms. The Morgan fingerprint density at radius 3 is 2.52 bits per heavy atom. The van der Waals surface area contributed by atoms with Crippen molar-refractivity contribution in [1.29, 1.82) is 0 Å². The quantitative estimate of drug-likeness (QED) is 0.534. The summed E-state index contributed by atoms with van der Waals surface area (Å²) >= 11 is 0. The maximum atomic E-state index is 13.1. The van der Waals surface area contributed by atoms with Crippen molar-refractivity contribution >= 4 is 17.7 Å². The molecule has 1 saturated heterocycles. The van der Waals surface area contributed by atoms with Gasteiger partial charge in [0.2, 0.25) is 5.91 Å². The molecule has 0 bridgehead atoms. The van der Waals surface area contributed by atoms with Crippen LogP contribution in [-0.4, -0.2) is 55.0 Å². The number of ether oxygens (including phenoxy) is 2. The average molecular weight is 449 g/mol. The number of amides is 1. The van der Waals surface area contributed by atoms with E-state index >= 15 is 0 Å². The summed E-state index contributed by atoms with van der Waals surface area (Å²) in [6, 6.07) is 17.5. The summed E-state index contributed by atoms with van der Waals surface area (Å²) in [4.78, 5) is 27.5. The third-order valence-corrected chi connectivity index (χ3v) is 5.56. The van der Waals surface area contributed by atoms with Crippen LogP contribution in [0, 0.1) is 0 Å². The average Bonchev–Trinajstić information content (AvgIpc) is 3.18. The third-order valence-electron chi connectivity index (χ3n) is 5.56. The van der Waals surface area contributed by atoms with Gasteiger partial charge in [0.25, 0.3) is 0 Å². The van der Waals surface area contributed by atoms with Gasteiger partial charge < -0.3 is 14.8 Å². The Labute approximate surface area is 193 Å². The summed E-state index contributed by atoms with van der Waals surface area (Å²) in [5, 5.41) is 7.87. The van der Waals surface area contributed by atoms with Crippen molar-refractivity contribution in [3.63, 3.8) is 0 Å². The number of rotatable bonds is 8. The predicted molar refractivity (Wildman–Crippen MR) is 125 cm³/mol. The summed E-state index contributed by atoms with van der Waals surface area (Å²) in [6.07, 6.45) is 0.462.